The highest BCUT2D eigenvalue weighted by atomic mass is 16.8. The van der Waals surface area contributed by atoms with E-state index < -0.39 is 221 Å². The monoisotopic (exact) mass is 1480 g/mol. The van der Waals surface area contributed by atoms with Gasteiger partial charge in [-0.2, -0.15) is 0 Å². The van der Waals surface area contributed by atoms with Crippen molar-refractivity contribution in [3.63, 3.8) is 0 Å². The summed E-state index contributed by atoms with van der Waals surface area (Å²) in [6.45, 7) is 3.25. The summed E-state index contributed by atoms with van der Waals surface area (Å²) in [7, 11) is 0. The molecular formula is C73H77NO32. The highest BCUT2D eigenvalue weighted by Crippen LogP contribution is 2.40. The maximum absolute atomic E-state index is 14.9. The van der Waals surface area contributed by atoms with E-state index in [9.17, 15) is 67.7 Å². The maximum Gasteiger partial charge on any atom is 0.338 e. The minimum absolute atomic E-state index is 0.00866. The predicted molar refractivity (Wildman–Crippen MR) is 351 cm³/mol. The average Bonchev–Trinajstić information content (AvgIpc) is 0.757. The minimum Gasteiger partial charge on any atom is -0.463 e. The number of rotatable bonds is 27. The molecule has 1 amide bonds. The molecule has 33 nitrogen and oxygen atoms in total. The van der Waals surface area contributed by atoms with Gasteiger partial charge in [0.15, 0.2) is 67.9 Å². The molecule has 5 aromatic rings. The van der Waals surface area contributed by atoms with E-state index in [2.05, 4.69) is 5.32 Å². The van der Waals surface area contributed by atoms with E-state index in [0.717, 1.165) is 48.5 Å². The van der Waals surface area contributed by atoms with Crippen molar-refractivity contribution in [3.8, 4) is 0 Å². The Morgan fingerprint density at radius 3 is 1.02 bits per heavy atom. The van der Waals surface area contributed by atoms with E-state index in [1.165, 1.54) is 121 Å². The van der Waals surface area contributed by atoms with Crippen LogP contribution in [-0.4, -0.2) is 231 Å². The number of carbonyl (C=O) groups is 12. The van der Waals surface area contributed by atoms with Gasteiger partial charge in [-0.3, -0.25) is 33.6 Å². The second-order valence-electron chi connectivity index (χ2n) is 24.3. The summed E-state index contributed by atoms with van der Waals surface area (Å²) < 4.78 is 110. The number of esters is 11. The van der Waals surface area contributed by atoms with Crippen LogP contribution in [0.5, 0.6) is 0 Å². The van der Waals surface area contributed by atoms with Gasteiger partial charge in [0.05, 0.1) is 27.8 Å². The summed E-state index contributed by atoms with van der Waals surface area (Å²) in [4.78, 5) is 163. The van der Waals surface area contributed by atoms with Gasteiger partial charge in [-0.05, 0) is 60.7 Å². The van der Waals surface area contributed by atoms with Crippen LogP contribution in [0.15, 0.2) is 152 Å². The third-order valence-corrected chi connectivity index (χ3v) is 16.4. The third kappa shape index (κ3) is 21.3. The molecule has 4 aliphatic rings. The number of hydrogen-bond acceptors (Lipinski definition) is 32. The molecule has 0 saturated carbocycles. The number of ether oxygens (including phenoxy) is 18. The zero-order valence-electron chi connectivity index (χ0n) is 58.0. The average molecular weight is 1480 g/mol. The van der Waals surface area contributed by atoms with Gasteiger partial charge in [0.25, 0.3) is 0 Å². The Hall–Kier alpha value is -10.6. The lowest BCUT2D eigenvalue weighted by Crippen LogP contribution is -2.71. The first-order valence-corrected chi connectivity index (χ1v) is 33.1. The molecule has 4 fully saturated rings. The van der Waals surface area contributed by atoms with Crippen molar-refractivity contribution in [2.45, 2.75) is 171 Å². The first-order valence-electron chi connectivity index (χ1n) is 33.1. The number of carbonyl (C=O) groups excluding carboxylic acids is 12. The van der Waals surface area contributed by atoms with E-state index >= 15 is 0 Å². The Kier molecular flexibility index (Phi) is 28.0. The molecule has 9 rings (SSSR count). The summed E-state index contributed by atoms with van der Waals surface area (Å²) in [5.74, 6) is -12.5. The molecule has 566 valence electrons. The SMILES string of the molecule is CC(=O)NC1C(OC2C(O)C(COC(=O)c3ccccc3)OC(OC3C(COC(=O)c4ccccc4)OC(O)C(OC(=O)c4ccccc4)C3OC(=O)c3ccccc3)C2OC(=O)c2ccccc2)OC(COC(C)=O)C(OC(C)=O)C1OC1OC(COC(C)=O)C(OC(C)=O)C(OC(C)=O)C1OC(C)=O. The van der Waals surface area contributed by atoms with Crippen molar-refractivity contribution in [2.24, 2.45) is 0 Å². The molecule has 0 spiro atoms. The Bertz CT molecular complexity index is 3870. The van der Waals surface area contributed by atoms with Crippen LogP contribution in [-0.2, 0) is 119 Å². The zero-order valence-corrected chi connectivity index (χ0v) is 58.0. The Labute approximate surface area is 604 Å². The molecule has 0 aliphatic carbocycles. The fraction of sp³-hybridized carbons (Fsp3) is 0.425. The fourth-order valence-corrected chi connectivity index (χ4v) is 11.8. The summed E-state index contributed by atoms with van der Waals surface area (Å²) >= 11 is 0. The van der Waals surface area contributed by atoms with Crippen molar-refractivity contribution >= 4 is 71.6 Å². The largest absolute Gasteiger partial charge is 0.463 e. The normalized spacial score (nSPS) is 28.2. The van der Waals surface area contributed by atoms with Crippen molar-refractivity contribution in [3.05, 3.63) is 179 Å². The number of aliphatic hydroxyl groups excluding tert-OH is 2. The van der Waals surface area contributed by atoms with Gasteiger partial charge in [-0.15, -0.1) is 0 Å². The van der Waals surface area contributed by atoms with Crippen LogP contribution in [0.3, 0.4) is 0 Å². The van der Waals surface area contributed by atoms with Gasteiger partial charge in [0.1, 0.15) is 81.3 Å². The predicted octanol–water partition coefficient (Wildman–Crippen LogP) is 3.14. The van der Waals surface area contributed by atoms with E-state index in [1.807, 2.05) is 0 Å². The molecular weight excluding hydrogens is 1400 g/mol. The molecule has 106 heavy (non-hydrogen) atoms. The van der Waals surface area contributed by atoms with Crippen LogP contribution in [0.25, 0.3) is 0 Å². The molecule has 3 N–H and O–H groups in total. The Balaban J connectivity index is 1.23. The summed E-state index contributed by atoms with van der Waals surface area (Å²) in [5.41, 5.74) is -0.355. The van der Waals surface area contributed by atoms with Crippen molar-refractivity contribution < 1.29 is 153 Å². The summed E-state index contributed by atoms with van der Waals surface area (Å²) in [6.07, 6.45) is -39.3. The third-order valence-electron chi connectivity index (χ3n) is 16.4. The first kappa shape index (κ1) is 79.5. The highest BCUT2D eigenvalue weighted by Gasteiger charge is 2.61. The molecule has 20 unspecified atom stereocenters. The number of hydrogen-bond donors (Lipinski definition) is 3. The molecule has 20 atom stereocenters. The van der Waals surface area contributed by atoms with E-state index in [4.69, 9.17) is 85.3 Å². The van der Waals surface area contributed by atoms with Crippen LogP contribution >= 0.6 is 0 Å². The van der Waals surface area contributed by atoms with Gasteiger partial charge < -0.3 is 101 Å². The summed E-state index contributed by atoms with van der Waals surface area (Å²) in [6, 6.07) is 34.7. The molecule has 33 heteroatoms. The van der Waals surface area contributed by atoms with E-state index in [0.29, 0.717) is 0 Å². The molecule has 5 aromatic carbocycles. The maximum atomic E-state index is 14.9. The van der Waals surface area contributed by atoms with Crippen LogP contribution in [0.4, 0.5) is 0 Å². The lowest BCUT2D eigenvalue weighted by atomic mass is 9.93. The quantitative estimate of drug-likeness (QED) is 0.0502. The van der Waals surface area contributed by atoms with E-state index in [1.54, 1.807) is 30.3 Å². The fourth-order valence-electron chi connectivity index (χ4n) is 11.8. The number of amides is 1. The van der Waals surface area contributed by atoms with Crippen LogP contribution < -0.4 is 5.32 Å². The number of aliphatic hydroxyl groups is 2. The number of nitrogens with one attached hydrogen (secondary N) is 1. The van der Waals surface area contributed by atoms with Gasteiger partial charge in [0, 0.05) is 48.5 Å². The van der Waals surface area contributed by atoms with Gasteiger partial charge in [0.2, 0.25) is 5.91 Å². The van der Waals surface area contributed by atoms with E-state index in [-0.39, 0.29) is 27.8 Å². The topological polar surface area (TPSA) is 423 Å². The Morgan fingerprint density at radius 2 is 0.604 bits per heavy atom. The second kappa shape index (κ2) is 37.4. The van der Waals surface area contributed by atoms with Gasteiger partial charge in [-0.25, -0.2) is 24.0 Å². The first-order chi connectivity index (χ1) is 50.7. The minimum atomic E-state index is -2.35. The summed E-state index contributed by atoms with van der Waals surface area (Å²) in [5, 5.41) is 27.8. The van der Waals surface area contributed by atoms with Crippen molar-refractivity contribution in [1.82, 2.24) is 5.32 Å². The van der Waals surface area contributed by atoms with Crippen LogP contribution in [0, 0.1) is 0 Å². The van der Waals surface area contributed by atoms with Gasteiger partial charge >= 0.3 is 65.7 Å². The smallest absolute Gasteiger partial charge is 0.338 e. The molecule has 0 radical (unpaired) electrons. The lowest BCUT2D eigenvalue weighted by molar-refractivity contribution is -0.378. The molecule has 4 saturated heterocycles. The Morgan fingerprint density at radius 1 is 0.302 bits per heavy atom. The van der Waals surface area contributed by atoms with Crippen LogP contribution in [0.1, 0.15) is 100 Å². The standard InChI is InChI=1S/C73H77NO32/c1-37(75)74-53-58(105-73-64(96-43(7)81)61(95-42(6)80)56(94-41(5)79)52(100-73)35-90-39(3)77)55(93-40(4)78)51(34-89-38(2)76)99-71(53)106-59-54(82)49(33-91-65(83)44-23-13-8-14-24-44)98-72(63(59)103-69(87)48-31-21-12-22-32-48)104-57-50(36-92-66(84)45-25-15-9-16-26-45)97-70(88)62(102-68(86)47-29-19-11-20-30-47)60(57)101-67(85)46-27-17-10-18-28-46/h8-32,49-64,70-73,82,88H,33-36H2,1-7H3,(H,74,75). The molecule has 4 heterocycles. The second-order valence-corrected chi connectivity index (χ2v) is 24.3. The van der Waals surface area contributed by atoms with Crippen LogP contribution in [0.2, 0.25) is 0 Å². The highest BCUT2D eigenvalue weighted by molar-refractivity contribution is 5.92. The van der Waals surface area contributed by atoms with Gasteiger partial charge in [-0.1, -0.05) is 91.0 Å². The van der Waals surface area contributed by atoms with Crippen molar-refractivity contribution in [2.75, 3.05) is 26.4 Å². The number of benzene rings is 5. The lowest BCUT2D eigenvalue weighted by Gasteiger charge is -2.51. The molecule has 0 bridgehead atoms. The molecule has 0 aromatic heterocycles. The van der Waals surface area contributed by atoms with Crippen molar-refractivity contribution in [1.29, 1.82) is 0 Å². The molecule has 4 aliphatic heterocycles. The zero-order chi connectivity index (χ0) is 76.3.